The van der Waals surface area contributed by atoms with Crippen LogP contribution in [0.3, 0.4) is 0 Å². The number of carbonyl (C=O) groups excluding carboxylic acids is 1. The van der Waals surface area contributed by atoms with Gasteiger partial charge in [0.05, 0.1) is 16.6 Å². The molecule has 0 spiro atoms. The number of carboxylic acid groups (broad SMARTS) is 1. The van der Waals surface area contributed by atoms with Crippen molar-refractivity contribution in [3.05, 3.63) is 10.7 Å². The van der Waals surface area contributed by atoms with E-state index in [4.69, 9.17) is 0 Å². The summed E-state index contributed by atoms with van der Waals surface area (Å²) < 4.78 is 0. The number of thiazole rings is 1. The van der Waals surface area contributed by atoms with Gasteiger partial charge >= 0.3 is 12.0 Å². The van der Waals surface area contributed by atoms with Crippen molar-refractivity contribution >= 4 is 28.3 Å². The molecule has 1 saturated heterocycles. The van der Waals surface area contributed by atoms with Gasteiger partial charge in [-0.15, -0.1) is 11.3 Å². The highest BCUT2D eigenvalue weighted by atomic mass is 32.1. The van der Waals surface area contributed by atoms with Gasteiger partial charge in [-0.2, -0.15) is 0 Å². The highest BCUT2D eigenvalue weighted by Crippen LogP contribution is 2.28. The Balaban J connectivity index is 2.08. The summed E-state index contributed by atoms with van der Waals surface area (Å²) >= 11 is 1.47. The highest BCUT2D eigenvalue weighted by Gasteiger charge is 2.32. The molecular weight excluding hydrogens is 314 g/mol. The van der Waals surface area contributed by atoms with Crippen molar-refractivity contribution < 1.29 is 14.7 Å². The first-order chi connectivity index (χ1) is 10.8. The normalized spacial score (nSPS) is 21.5. The second kappa shape index (κ2) is 7.29. The molecule has 0 aliphatic carbocycles. The molecular formula is C16H25N3O3S. The zero-order valence-corrected chi connectivity index (χ0v) is 14.9. The van der Waals surface area contributed by atoms with Gasteiger partial charge < -0.3 is 10.0 Å². The Hall–Kier alpha value is -1.63. The number of amides is 2. The number of carboxylic acids is 1. The van der Waals surface area contributed by atoms with Gasteiger partial charge in [0.1, 0.15) is 5.00 Å². The quantitative estimate of drug-likeness (QED) is 0.882. The predicted octanol–water partition coefficient (Wildman–Crippen LogP) is 3.22. The number of nitrogens with zero attached hydrogens (tertiary/aromatic N) is 2. The van der Waals surface area contributed by atoms with Crippen molar-refractivity contribution in [3.63, 3.8) is 0 Å². The lowest BCUT2D eigenvalue weighted by Gasteiger charge is -2.34. The summed E-state index contributed by atoms with van der Waals surface area (Å²) in [5.74, 6) is -0.668. The number of rotatable bonds is 4. The Morgan fingerprint density at radius 2 is 2.13 bits per heavy atom. The first-order valence-corrected chi connectivity index (χ1v) is 8.83. The van der Waals surface area contributed by atoms with Gasteiger partial charge in [-0.3, -0.25) is 10.1 Å². The van der Waals surface area contributed by atoms with Crippen LogP contribution in [0.1, 0.15) is 37.9 Å². The molecule has 7 heteroatoms. The molecule has 2 rings (SSSR count). The molecule has 1 aromatic heterocycles. The molecule has 6 nitrogen and oxygen atoms in total. The van der Waals surface area contributed by atoms with Crippen LogP contribution in [0.4, 0.5) is 9.80 Å². The maximum atomic E-state index is 12.5. The number of nitrogens with one attached hydrogen (secondary N) is 1. The molecule has 0 saturated carbocycles. The molecule has 23 heavy (non-hydrogen) atoms. The van der Waals surface area contributed by atoms with Gasteiger partial charge in [0.15, 0.2) is 0 Å². The van der Waals surface area contributed by atoms with Gasteiger partial charge in [-0.05, 0) is 31.6 Å². The van der Waals surface area contributed by atoms with Crippen LogP contribution in [-0.4, -0.2) is 40.1 Å². The van der Waals surface area contributed by atoms with Gasteiger partial charge in [-0.1, -0.05) is 20.8 Å². The number of hydrogen-bond donors (Lipinski definition) is 2. The average Bonchev–Trinajstić information content (AvgIpc) is 2.76. The molecule has 1 aromatic rings. The Kier molecular flexibility index (Phi) is 5.62. The van der Waals surface area contributed by atoms with Crippen molar-refractivity contribution in [2.75, 3.05) is 18.4 Å². The molecule has 0 radical (unpaired) electrons. The van der Waals surface area contributed by atoms with E-state index < -0.39 is 11.9 Å². The number of hydrogen-bond acceptors (Lipinski definition) is 4. The molecule has 128 valence electrons. The van der Waals surface area contributed by atoms with Gasteiger partial charge in [0.2, 0.25) is 0 Å². The fourth-order valence-corrected chi connectivity index (χ4v) is 3.80. The largest absolute Gasteiger partial charge is 0.481 e. The van der Waals surface area contributed by atoms with E-state index in [-0.39, 0.29) is 18.5 Å². The minimum Gasteiger partial charge on any atom is -0.481 e. The molecule has 2 unspecified atom stereocenters. The lowest BCUT2D eigenvalue weighted by molar-refractivity contribution is -0.143. The van der Waals surface area contributed by atoms with E-state index in [2.05, 4.69) is 24.1 Å². The molecule has 1 aliphatic heterocycles. The second-order valence-corrected chi connectivity index (χ2v) is 8.02. The van der Waals surface area contributed by atoms with Gasteiger partial charge in [-0.25, -0.2) is 9.78 Å². The fraction of sp³-hybridized carbons (Fsp3) is 0.688. The zero-order chi connectivity index (χ0) is 17.1. The van der Waals surface area contributed by atoms with Crippen molar-refractivity contribution in [1.82, 2.24) is 9.88 Å². The van der Waals surface area contributed by atoms with Crippen LogP contribution in [0.2, 0.25) is 0 Å². The topological polar surface area (TPSA) is 82.5 Å². The number of carbonyl (C=O) groups is 2. The summed E-state index contributed by atoms with van der Waals surface area (Å²) in [6.45, 7) is 8.99. The first-order valence-electron chi connectivity index (χ1n) is 8.01. The Morgan fingerprint density at radius 1 is 1.43 bits per heavy atom. The zero-order valence-electron chi connectivity index (χ0n) is 14.1. The molecule has 2 N–H and O–H groups in total. The third-order valence-electron chi connectivity index (χ3n) is 3.92. The third-order valence-corrected chi connectivity index (χ3v) is 4.85. The number of urea groups is 1. The second-order valence-electron chi connectivity index (χ2n) is 6.82. The van der Waals surface area contributed by atoms with Crippen LogP contribution < -0.4 is 5.32 Å². The predicted molar refractivity (Wildman–Crippen MR) is 90.9 cm³/mol. The van der Waals surface area contributed by atoms with E-state index in [0.717, 1.165) is 22.1 Å². The van der Waals surface area contributed by atoms with Crippen LogP contribution in [0, 0.1) is 24.7 Å². The smallest absolute Gasteiger partial charge is 0.322 e. The average molecular weight is 339 g/mol. The minimum atomic E-state index is -0.830. The minimum absolute atomic E-state index is 0.189. The number of aromatic nitrogens is 1. The summed E-state index contributed by atoms with van der Waals surface area (Å²) in [6, 6.07) is -0.226. The molecule has 1 fully saturated rings. The van der Waals surface area contributed by atoms with Crippen LogP contribution in [0.5, 0.6) is 0 Å². The first kappa shape index (κ1) is 17.7. The van der Waals surface area contributed by atoms with E-state index in [0.29, 0.717) is 18.9 Å². The SMILES string of the molecule is Cc1nc(CC(C)C)c(NC(=O)N2CC(C)CC(C(=O)O)C2)s1. The van der Waals surface area contributed by atoms with Gasteiger partial charge in [0, 0.05) is 13.1 Å². The molecule has 1 aliphatic rings. The number of likely N-dealkylation sites (tertiary alicyclic amines) is 1. The number of anilines is 1. The number of aliphatic carboxylic acids is 1. The summed E-state index contributed by atoms with van der Waals surface area (Å²) in [4.78, 5) is 29.9. The molecule has 0 aromatic carbocycles. The third kappa shape index (κ3) is 4.67. The van der Waals surface area contributed by atoms with Crippen LogP contribution >= 0.6 is 11.3 Å². The van der Waals surface area contributed by atoms with Crippen LogP contribution in [0.15, 0.2) is 0 Å². The molecule has 2 heterocycles. The fourth-order valence-electron chi connectivity index (χ4n) is 2.97. The maximum absolute atomic E-state index is 12.5. The Bertz CT molecular complexity index is 585. The summed E-state index contributed by atoms with van der Waals surface area (Å²) in [7, 11) is 0. The maximum Gasteiger partial charge on any atom is 0.322 e. The van der Waals surface area contributed by atoms with Crippen LogP contribution in [-0.2, 0) is 11.2 Å². The Morgan fingerprint density at radius 3 is 2.74 bits per heavy atom. The van der Waals surface area contributed by atoms with E-state index >= 15 is 0 Å². The molecule has 0 bridgehead atoms. The van der Waals surface area contributed by atoms with Crippen molar-refractivity contribution in [2.45, 2.75) is 40.5 Å². The summed E-state index contributed by atoms with van der Waals surface area (Å²) in [5.41, 5.74) is 0.913. The lowest BCUT2D eigenvalue weighted by Crippen LogP contribution is -2.47. The molecule has 2 atom stereocenters. The molecule has 2 amide bonds. The van der Waals surface area contributed by atoms with Crippen molar-refractivity contribution in [3.8, 4) is 0 Å². The highest BCUT2D eigenvalue weighted by molar-refractivity contribution is 7.16. The standard InChI is InChI=1S/C16H25N3O3S/c1-9(2)5-13-14(23-11(4)17-13)18-16(22)19-7-10(3)6-12(8-19)15(20)21/h9-10,12H,5-8H2,1-4H3,(H,18,22)(H,20,21). The van der Waals surface area contributed by atoms with Gasteiger partial charge in [0.25, 0.3) is 0 Å². The van der Waals surface area contributed by atoms with E-state index in [1.165, 1.54) is 11.3 Å². The van der Waals surface area contributed by atoms with E-state index in [9.17, 15) is 14.7 Å². The van der Waals surface area contributed by atoms with E-state index in [1.54, 1.807) is 4.90 Å². The number of aryl methyl sites for hydroxylation is 1. The lowest BCUT2D eigenvalue weighted by atomic mass is 9.91. The summed E-state index contributed by atoms with van der Waals surface area (Å²) in [5, 5.41) is 13.9. The monoisotopic (exact) mass is 339 g/mol. The summed E-state index contributed by atoms with van der Waals surface area (Å²) in [6.07, 6.45) is 1.44. The Labute approximate surface area is 140 Å². The van der Waals surface area contributed by atoms with Crippen molar-refractivity contribution in [1.29, 1.82) is 0 Å². The van der Waals surface area contributed by atoms with Crippen LogP contribution in [0.25, 0.3) is 0 Å². The van der Waals surface area contributed by atoms with E-state index in [1.807, 2.05) is 13.8 Å². The number of piperidine rings is 1. The van der Waals surface area contributed by atoms with Crippen molar-refractivity contribution in [2.24, 2.45) is 17.8 Å².